The molecule has 0 radical (unpaired) electrons. The molecule has 0 fully saturated rings. The summed E-state index contributed by atoms with van der Waals surface area (Å²) in [5.41, 5.74) is -0.977. The smallest absolute Gasteiger partial charge is 0.296 e. The molecular formula is C33H36F2N4O4S. The van der Waals surface area contributed by atoms with Gasteiger partial charge in [0.1, 0.15) is 17.4 Å². The first kappa shape index (κ1) is 32.7. The highest BCUT2D eigenvalue weighted by atomic mass is 32.2. The Balaban J connectivity index is 1.86. The number of halogens is 2. The Morgan fingerprint density at radius 2 is 1.82 bits per heavy atom. The number of unbranched alkanes of at least 4 members (excludes halogenated alkanes) is 1. The summed E-state index contributed by atoms with van der Waals surface area (Å²) in [5, 5.41) is 21.2. The lowest BCUT2D eigenvalue weighted by Gasteiger charge is -2.32. The van der Waals surface area contributed by atoms with Gasteiger partial charge in [-0.1, -0.05) is 57.9 Å². The highest BCUT2D eigenvalue weighted by Gasteiger charge is 2.39. The summed E-state index contributed by atoms with van der Waals surface area (Å²) in [6.45, 7) is 7.20. The molecule has 4 rings (SSSR count). The first-order valence-corrected chi connectivity index (χ1v) is 16.2. The maximum Gasteiger partial charge on any atom is 0.296 e. The molecule has 8 nitrogen and oxygen atoms in total. The van der Waals surface area contributed by atoms with E-state index >= 15 is 4.39 Å². The number of hydrogen-bond donors (Lipinski definition) is 1. The fourth-order valence-electron chi connectivity index (χ4n) is 5.71. The molecule has 2 aromatic heterocycles. The van der Waals surface area contributed by atoms with Crippen LogP contribution in [-0.2, 0) is 16.3 Å². The predicted molar refractivity (Wildman–Crippen MR) is 163 cm³/mol. The van der Waals surface area contributed by atoms with Crippen LogP contribution in [0.25, 0.3) is 11.1 Å². The number of benzene rings is 1. The van der Waals surface area contributed by atoms with E-state index in [4.69, 9.17) is 0 Å². The Hall–Kier alpha value is -4.17. The van der Waals surface area contributed by atoms with Gasteiger partial charge in [0.25, 0.3) is 5.56 Å². The molecule has 3 aromatic rings. The van der Waals surface area contributed by atoms with Gasteiger partial charge < -0.3 is 5.11 Å². The van der Waals surface area contributed by atoms with E-state index in [2.05, 4.69) is 9.97 Å². The zero-order valence-electron chi connectivity index (χ0n) is 25.2. The molecular weight excluding hydrogens is 586 g/mol. The van der Waals surface area contributed by atoms with E-state index in [9.17, 15) is 28.0 Å². The lowest BCUT2D eigenvalue weighted by Crippen LogP contribution is -2.33. The van der Waals surface area contributed by atoms with Gasteiger partial charge in [0.05, 0.1) is 17.0 Å². The molecule has 0 saturated carbocycles. The second-order valence-corrected chi connectivity index (χ2v) is 12.9. The number of aromatic hydroxyl groups is 1. The number of pyridine rings is 1. The van der Waals surface area contributed by atoms with Gasteiger partial charge in [-0.25, -0.2) is 17.8 Å². The van der Waals surface area contributed by atoms with E-state index in [1.165, 1.54) is 53.1 Å². The lowest BCUT2D eigenvalue weighted by atomic mass is 9.79. The van der Waals surface area contributed by atoms with Crippen molar-refractivity contribution in [1.29, 1.82) is 5.26 Å². The average Bonchev–Trinajstić information content (AvgIpc) is 2.97. The summed E-state index contributed by atoms with van der Waals surface area (Å²) in [6, 6.07) is 9.62. The predicted octanol–water partition coefficient (Wildman–Crippen LogP) is 6.73. The summed E-state index contributed by atoms with van der Waals surface area (Å²) >= 11 is 0. The summed E-state index contributed by atoms with van der Waals surface area (Å²) in [7, 11) is -4.57. The monoisotopic (exact) mass is 622 g/mol. The second kappa shape index (κ2) is 13.2. The molecule has 2 heterocycles. The van der Waals surface area contributed by atoms with E-state index in [1.54, 1.807) is 19.9 Å². The molecule has 0 aliphatic heterocycles. The van der Waals surface area contributed by atoms with E-state index < -0.39 is 49.7 Å². The van der Waals surface area contributed by atoms with Crippen molar-refractivity contribution in [3.63, 3.8) is 0 Å². The topological polar surface area (TPSA) is 126 Å². The number of allylic oxidation sites excluding steroid dienone is 4. The van der Waals surface area contributed by atoms with Gasteiger partial charge in [0.2, 0.25) is 21.7 Å². The number of rotatable bonds is 11. The Morgan fingerprint density at radius 1 is 1.11 bits per heavy atom. The Morgan fingerprint density at radius 3 is 2.41 bits per heavy atom. The SMILES string of the molecule is CCCCc1nc(=O)c(S(=O)(=O)c2ccc(-c3ccc(F)nc3C)cc2)c(O)n1C(CC)C1=CC(F)(CCC)C(C#N)C=C1. The average molecular weight is 623 g/mol. The third-order valence-electron chi connectivity index (χ3n) is 7.94. The van der Waals surface area contributed by atoms with Crippen LogP contribution in [0, 0.1) is 30.1 Å². The number of aryl methyl sites for hydroxylation is 2. The summed E-state index contributed by atoms with van der Waals surface area (Å²) in [5.74, 6) is -2.21. The van der Waals surface area contributed by atoms with Gasteiger partial charge in [-0.3, -0.25) is 9.36 Å². The normalized spacial score (nSPS) is 18.9. The standard InChI is InChI=1S/C33H36F2N4O4S/c1-5-8-9-29-38-31(40)30(44(42,43)25-14-11-22(12-15-25)26-16-17-28(34)37-21(26)4)32(41)39(29)27(7-3)23-10-13-24(20-36)33(35,19-23)18-6-2/h10-17,19,24,27,41H,5-9,18H2,1-4H3. The van der Waals surface area contributed by atoms with Crippen LogP contribution in [0.5, 0.6) is 5.88 Å². The van der Waals surface area contributed by atoms with Crippen LogP contribution in [0.15, 0.2) is 74.8 Å². The molecule has 1 aromatic carbocycles. The van der Waals surface area contributed by atoms with Gasteiger partial charge in [-0.15, -0.1) is 0 Å². The number of nitriles is 1. The first-order valence-electron chi connectivity index (χ1n) is 14.7. The minimum atomic E-state index is -4.57. The van der Waals surface area contributed by atoms with Crippen LogP contribution in [-0.4, -0.2) is 33.7 Å². The Labute approximate surface area is 256 Å². The third-order valence-corrected chi connectivity index (χ3v) is 9.73. The van der Waals surface area contributed by atoms with Crippen LogP contribution >= 0.6 is 0 Å². The van der Waals surface area contributed by atoms with Crippen LogP contribution in [0.1, 0.15) is 70.4 Å². The highest BCUT2D eigenvalue weighted by Crippen LogP contribution is 2.41. The van der Waals surface area contributed by atoms with Crippen molar-refractivity contribution < 1.29 is 22.3 Å². The van der Waals surface area contributed by atoms with E-state index in [1.807, 2.05) is 19.9 Å². The van der Waals surface area contributed by atoms with Gasteiger partial charge in [-0.05, 0) is 67.7 Å². The first-order chi connectivity index (χ1) is 20.9. The maximum atomic E-state index is 16.1. The Kier molecular flexibility index (Phi) is 9.84. The van der Waals surface area contributed by atoms with Crippen molar-refractivity contribution >= 4 is 9.84 Å². The molecule has 3 atom stereocenters. The van der Waals surface area contributed by atoms with Crippen LogP contribution in [0.2, 0.25) is 0 Å². The fourth-order valence-corrected chi connectivity index (χ4v) is 7.05. The molecule has 3 unspecified atom stereocenters. The largest absolute Gasteiger partial charge is 0.493 e. The number of nitrogens with zero attached hydrogens (tertiary/aromatic N) is 4. The van der Waals surface area contributed by atoms with Crippen molar-refractivity contribution in [2.45, 2.75) is 87.7 Å². The fraction of sp³-hybridized carbons (Fsp3) is 0.394. The summed E-state index contributed by atoms with van der Waals surface area (Å²) < 4.78 is 58.6. The molecule has 0 bridgehead atoms. The number of aromatic nitrogens is 3. The van der Waals surface area contributed by atoms with Gasteiger partial charge in [0.15, 0.2) is 4.90 Å². The van der Waals surface area contributed by atoms with Crippen LogP contribution in [0.4, 0.5) is 8.78 Å². The van der Waals surface area contributed by atoms with E-state index in [-0.39, 0.29) is 23.6 Å². The molecule has 0 spiro atoms. The minimum absolute atomic E-state index is 0.107. The van der Waals surface area contributed by atoms with Crippen LogP contribution in [0.3, 0.4) is 0 Å². The maximum absolute atomic E-state index is 16.1. The zero-order valence-corrected chi connectivity index (χ0v) is 26.0. The molecule has 44 heavy (non-hydrogen) atoms. The molecule has 1 N–H and O–H groups in total. The zero-order chi connectivity index (χ0) is 32.2. The van der Waals surface area contributed by atoms with Crippen LogP contribution < -0.4 is 5.56 Å². The molecule has 232 valence electrons. The molecule has 1 aliphatic rings. The Bertz CT molecular complexity index is 1810. The molecule has 0 amide bonds. The molecule has 11 heteroatoms. The van der Waals surface area contributed by atoms with Crippen molar-refractivity contribution in [2.24, 2.45) is 5.92 Å². The third kappa shape index (κ3) is 6.22. The van der Waals surface area contributed by atoms with Gasteiger partial charge in [0, 0.05) is 17.7 Å². The van der Waals surface area contributed by atoms with E-state index in [0.717, 1.165) is 6.42 Å². The number of sulfone groups is 1. The molecule has 0 saturated heterocycles. The summed E-state index contributed by atoms with van der Waals surface area (Å²) in [6.07, 6.45) is 7.05. The van der Waals surface area contributed by atoms with Crippen molar-refractivity contribution in [1.82, 2.24) is 14.5 Å². The van der Waals surface area contributed by atoms with Gasteiger partial charge in [-0.2, -0.15) is 14.6 Å². The van der Waals surface area contributed by atoms with Crippen molar-refractivity contribution in [3.05, 3.63) is 88.0 Å². The lowest BCUT2D eigenvalue weighted by molar-refractivity contribution is 0.175. The van der Waals surface area contributed by atoms with E-state index in [0.29, 0.717) is 41.7 Å². The second-order valence-electron chi connectivity index (χ2n) is 11.0. The molecule has 1 aliphatic carbocycles. The van der Waals surface area contributed by atoms with Gasteiger partial charge >= 0.3 is 0 Å². The minimum Gasteiger partial charge on any atom is -0.493 e. The summed E-state index contributed by atoms with van der Waals surface area (Å²) in [4.78, 5) is 20.1. The number of alkyl halides is 1. The van der Waals surface area contributed by atoms with Crippen molar-refractivity contribution in [2.75, 3.05) is 0 Å². The number of hydrogen-bond acceptors (Lipinski definition) is 7. The van der Waals surface area contributed by atoms with Crippen molar-refractivity contribution in [3.8, 4) is 23.1 Å². The highest BCUT2D eigenvalue weighted by molar-refractivity contribution is 7.91. The quantitative estimate of drug-likeness (QED) is 0.235.